The predicted octanol–water partition coefficient (Wildman–Crippen LogP) is 4.24. The zero-order valence-electron chi connectivity index (χ0n) is 19.0. The number of halogens is 3. The standard InChI is InChI=1S/C25H22F3N5O3/c26-25(27,28)19-5-2-4-18(14-19)24(35)31-20-6-1-3-17(13-20)7-8-23(34)32-21-15-22(30-16-29-21)33-9-11-36-12-10-33/h1-8,13-16H,9-12H2,(H,31,35)(H,29,30,32,34)/b8-7+. The molecular formula is C25H22F3N5O3. The van der Waals surface area contributed by atoms with Crippen molar-refractivity contribution in [3.8, 4) is 0 Å². The van der Waals surface area contributed by atoms with Crippen molar-refractivity contribution in [2.75, 3.05) is 41.8 Å². The second-order valence-electron chi connectivity index (χ2n) is 7.84. The summed E-state index contributed by atoms with van der Waals surface area (Å²) in [4.78, 5) is 35.2. The molecule has 8 nitrogen and oxygen atoms in total. The molecule has 186 valence electrons. The molecule has 36 heavy (non-hydrogen) atoms. The highest BCUT2D eigenvalue weighted by atomic mass is 19.4. The van der Waals surface area contributed by atoms with Crippen molar-refractivity contribution >= 4 is 35.2 Å². The molecule has 0 radical (unpaired) electrons. The molecule has 2 heterocycles. The number of ether oxygens (including phenoxy) is 1. The summed E-state index contributed by atoms with van der Waals surface area (Å²) in [6.07, 6.45) is -0.318. The zero-order chi connectivity index (χ0) is 25.5. The summed E-state index contributed by atoms with van der Waals surface area (Å²) in [5, 5.41) is 5.25. The van der Waals surface area contributed by atoms with E-state index in [1.807, 2.05) is 4.90 Å². The lowest BCUT2D eigenvalue weighted by molar-refractivity contribution is -0.137. The molecule has 1 fully saturated rings. The Hall–Kier alpha value is -4.25. The molecule has 0 aliphatic carbocycles. The minimum absolute atomic E-state index is 0.119. The Bertz CT molecular complexity index is 1270. The third kappa shape index (κ3) is 6.66. The number of amides is 2. The van der Waals surface area contributed by atoms with E-state index in [0.29, 0.717) is 49.2 Å². The van der Waals surface area contributed by atoms with E-state index in [-0.39, 0.29) is 5.56 Å². The molecule has 2 N–H and O–H groups in total. The number of hydrogen-bond acceptors (Lipinski definition) is 6. The van der Waals surface area contributed by atoms with E-state index in [1.54, 1.807) is 36.4 Å². The molecule has 0 atom stereocenters. The fourth-order valence-corrected chi connectivity index (χ4v) is 3.48. The van der Waals surface area contributed by atoms with Crippen molar-refractivity contribution < 1.29 is 27.5 Å². The van der Waals surface area contributed by atoms with Crippen LogP contribution < -0.4 is 15.5 Å². The average Bonchev–Trinajstić information content (AvgIpc) is 2.88. The van der Waals surface area contributed by atoms with Crippen LogP contribution in [0.4, 0.5) is 30.5 Å². The van der Waals surface area contributed by atoms with Crippen molar-refractivity contribution in [1.29, 1.82) is 0 Å². The van der Waals surface area contributed by atoms with Gasteiger partial charge in [-0.2, -0.15) is 13.2 Å². The van der Waals surface area contributed by atoms with Gasteiger partial charge in [-0.15, -0.1) is 0 Å². The molecule has 2 aromatic carbocycles. The first-order valence-electron chi connectivity index (χ1n) is 11.0. The monoisotopic (exact) mass is 497 g/mol. The Kier molecular flexibility index (Phi) is 7.59. The fraction of sp³-hybridized carbons (Fsp3) is 0.200. The van der Waals surface area contributed by atoms with E-state index in [9.17, 15) is 22.8 Å². The molecule has 1 aromatic heterocycles. The van der Waals surface area contributed by atoms with Crippen molar-refractivity contribution in [1.82, 2.24) is 9.97 Å². The average molecular weight is 497 g/mol. The Morgan fingerprint density at radius 1 is 0.972 bits per heavy atom. The van der Waals surface area contributed by atoms with E-state index in [0.717, 1.165) is 12.1 Å². The number of alkyl halides is 3. The van der Waals surface area contributed by atoms with Gasteiger partial charge in [-0.3, -0.25) is 9.59 Å². The summed E-state index contributed by atoms with van der Waals surface area (Å²) in [7, 11) is 0. The third-order valence-electron chi connectivity index (χ3n) is 5.26. The smallest absolute Gasteiger partial charge is 0.378 e. The summed E-state index contributed by atoms with van der Waals surface area (Å²) in [6.45, 7) is 2.61. The molecule has 1 aliphatic heterocycles. The minimum Gasteiger partial charge on any atom is -0.378 e. The van der Waals surface area contributed by atoms with Crippen molar-refractivity contribution in [2.24, 2.45) is 0 Å². The van der Waals surface area contributed by atoms with Gasteiger partial charge in [0.15, 0.2) is 0 Å². The SMILES string of the molecule is O=C(/C=C/c1cccc(NC(=O)c2cccc(C(F)(F)F)c2)c1)Nc1cc(N2CCOCC2)ncn1. The maximum absolute atomic E-state index is 12.9. The second kappa shape index (κ2) is 11.0. The van der Waals surface area contributed by atoms with Gasteiger partial charge in [0.25, 0.3) is 5.91 Å². The Balaban J connectivity index is 1.38. The van der Waals surface area contributed by atoms with Crippen LogP contribution in [-0.4, -0.2) is 48.1 Å². The summed E-state index contributed by atoms with van der Waals surface area (Å²) >= 11 is 0. The number of morpholine rings is 1. The van der Waals surface area contributed by atoms with E-state index < -0.39 is 23.6 Å². The number of hydrogen-bond donors (Lipinski definition) is 2. The van der Waals surface area contributed by atoms with Gasteiger partial charge >= 0.3 is 6.18 Å². The highest BCUT2D eigenvalue weighted by Crippen LogP contribution is 2.29. The highest BCUT2D eigenvalue weighted by Gasteiger charge is 2.30. The molecule has 0 spiro atoms. The Labute approximate surface area is 204 Å². The fourth-order valence-electron chi connectivity index (χ4n) is 3.48. The van der Waals surface area contributed by atoms with Crippen LogP contribution in [0.15, 0.2) is 67.0 Å². The van der Waals surface area contributed by atoms with Crippen molar-refractivity contribution in [2.45, 2.75) is 6.18 Å². The largest absolute Gasteiger partial charge is 0.416 e. The van der Waals surface area contributed by atoms with Gasteiger partial charge in [0, 0.05) is 36.5 Å². The third-order valence-corrected chi connectivity index (χ3v) is 5.26. The van der Waals surface area contributed by atoms with E-state index in [2.05, 4.69) is 20.6 Å². The van der Waals surface area contributed by atoms with Crippen LogP contribution in [0.25, 0.3) is 6.08 Å². The van der Waals surface area contributed by atoms with E-state index >= 15 is 0 Å². The van der Waals surface area contributed by atoms with Crippen LogP contribution in [-0.2, 0) is 15.7 Å². The number of carbonyl (C=O) groups is 2. The summed E-state index contributed by atoms with van der Waals surface area (Å²) < 4.78 is 44.1. The molecule has 0 saturated carbocycles. The summed E-state index contributed by atoms with van der Waals surface area (Å²) in [5.41, 5.74) is -0.0559. The highest BCUT2D eigenvalue weighted by molar-refractivity contribution is 6.05. The maximum Gasteiger partial charge on any atom is 0.416 e. The van der Waals surface area contributed by atoms with Crippen LogP contribution >= 0.6 is 0 Å². The molecule has 0 bridgehead atoms. The molecule has 1 aliphatic rings. The van der Waals surface area contributed by atoms with Gasteiger partial charge in [-0.1, -0.05) is 18.2 Å². The Morgan fingerprint density at radius 2 is 1.75 bits per heavy atom. The lowest BCUT2D eigenvalue weighted by Crippen LogP contribution is -2.36. The predicted molar refractivity (Wildman–Crippen MR) is 129 cm³/mol. The van der Waals surface area contributed by atoms with Gasteiger partial charge in [0.1, 0.15) is 18.0 Å². The molecule has 1 saturated heterocycles. The number of nitrogens with zero attached hydrogens (tertiary/aromatic N) is 3. The van der Waals surface area contributed by atoms with Crippen LogP contribution in [0, 0.1) is 0 Å². The first-order chi connectivity index (χ1) is 17.3. The number of anilines is 3. The van der Waals surface area contributed by atoms with Gasteiger partial charge in [-0.25, -0.2) is 9.97 Å². The van der Waals surface area contributed by atoms with Crippen molar-refractivity contribution in [3.63, 3.8) is 0 Å². The lowest BCUT2D eigenvalue weighted by Gasteiger charge is -2.27. The maximum atomic E-state index is 12.9. The number of aromatic nitrogens is 2. The lowest BCUT2D eigenvalue weighted by atomic mass is 10.1. The molecule has 11 heteroatoms. The van der Waals surface area contributed by atoms with Crippen molar-refractivity contribution in [3.05, 3.63) is 83.7 Å². The topological polar surface area (TPSA) is 96.5 Å². The van der Waals surface area contributed by atoms with Gasteiger partial charge < -0.3 is 20.3 Å². The van der Waals surface area contributed by atoms with Gasteiger partial charge in [0.05, 0.1) is 18.8 Å². The number of nitrogens with one attached hydrogen (secondary N) is 2. The summed E-state index contributed by atoms with van der Waals surface area (Å²) in [6, 6.07) is 12.4. The van der Waals surface area contributed by atoms with E-state index in [4.69, 9.17) is 4.74 Å². The van der Waals surface area contributed by atoms with Crippen LogP contribution in [0.5, 0.6) is 0 Å². The van der Waals surface area contributed by atoms with Gasteiger partial charge in [0.2, 0.25) is 5.91 Å². The number of carbonyl (C=O) groups excluding carboxylic acids is 2. The zero-order valence-corrected chi connectivity index (χ0v) is 19.0. The molecular weight excluding hydrogens is 475 g/mol. The van der Waals surface area contributed by atoms with Crippen LogP contribution in [0.3, 0.4) is 0 Å². The minimum atomic E-state index is -4.54. The molecule has 2 amide bonds. The van der Waals surface area contributed by atoms with E-state index in [1.165, 1.54) is 24.5 Å². The van der Waals surface area contributed by atoms with Gasteiger partial charge in [-0.05, 0) is 42.0 Å². The molecule has 4 rings (SSSR count). The first kappa shape index (κ1) is 24.9. The normalized spacial score (nSPS) is 14.0. The first-order valence-corrected chi connectivity index (χ1v) is 11.0. The number of benzene rings is 2. The quantitative estimate of drug-likeness (QED) is 0.495. The van der Waals surface area contributed by atoms with Crippen LogP contribution in [0.2, 0.25) is 0 Å². The molecule has 0 unspecified atom stereocenters. The second-order valence-corrected chi connectivity index (χ2v) is 7.84. The molecule has 3 aromatic rings. The number of rotatable bonds is 6. The van der Waals surface area contributed by atoms with Crippen LogP contribution in [0.1, 0.15) is 21.5 Å². The Morgan fingerprint density at radius 3 is 2.53 bits per heavy atom. The summed E-state index contributed by atoms with van der Waals surface area (Å²) in [5.74, 6) is -0.0557.